The molecule has 0 spiro atoms. The van der Waals surface area contributed by atoms with E-state index < -0.39 is 29.5 Å². The summed E-state index contributed by atoms with van der Waals surface area (Å²) in [5.41, 5.74) is 1.92. The number of amides is 2. The number of anilines is 1. The summed E-state index contributed by atoms with van der Waals surface area (Å²) in [5, 5.41) is 7.34. The summed E-state index contributed by atoms with van der Waals surface area (Å²) in [6.45, 7) is 1.61. The van der Waals surface area contributed by atoms with Gasteiger partial charge in [0.25, 0.3) is 5.89 Å². The fourth-order valence-electron chi connectivity index (χ4n) is 3.95. The Hall–Kier alpha value is -4.11. The summed E-state index contributed by atoms with van der Waals surface area (Å²) in [6, 6.07) is 13.8. The molecule has 1 aromatic heterocycles. The lowest BCUT2D eigenvalue weighted by atomic mass is 9.94. The molecule has 2 heterocycles. The quantitative estimate of drug-likeness (QED) is 0.349. The smallest absolute Gasteiger partial charge is 0.327 e. The third kappa shape index (κ3) is 4.38. The Balaban J connectivity index is 1.66. The second-order valence-electron chi connectivity index (χ2n) is 7.83. The van der Waals surface area contributed by atoms with Crippen molar-refractivity contribution in [2.45, 2.75) is 13.0 Å². The number of halogens is 4. The predicted molar refractivity (Wildman–Crippen MR) is 124 cm³/mol. The maximum absolute atomic E-state index is 14.0. The molecular formula is C25H16ClF3N4O2. The van der Waals surface area contributed by atoms with Crippen LogP contribution < -0.4 is 10.2 Å². The molecule has 1 atom stereocenters. The van der Waals surface area contributed by atoms with E-state index in [0.29, 0.717) is 27.4 Å². The number of nitrogens with zero attached hydrogens (tertiary/aromatic N) is 3. The maximum atomic E-state index is 14.0. The highest BCUT2D eigenvalue weighted by Crippen LogP contribution is 2.39. The molecule has 176 valence electrons. The molecule has 0 aliphatic carbocycles. The van der Waals surface area contributed by atoms with Crippen LogP contribution >= 0.6 is 11.6 Å². The topological polar surface area (TPSA) is 71.3 Å². The predicted octanol–water partition coefficient (Wildman–Crippen LogP) is 6.51. The van der Waals surface area contributed by atoms with E-state index in [9.17, 15) is 18.0 Å². The first-order valence-corrected chi connectivity index (χ1v) is 10.8. The van der Waals surface area contributed by atoms with E-state index in [4.69, 9.17) is 16.1 Å². The molecule has 1 unspecified atom stereocenters. The van der Waals surface area contributed by atoms with Crippen LogP contribution in [0.4, 0.5) is 23.7 Å². The fourth-order valence-corrected chi connectivity index (χ4v) is 4.08. The van der Waals surface area contributed by atoms with Gasteiger partial charge in [0.1, 0.15) is 17.5 Å². The molecule has 6 nitrogen and oxygen atoms in total. The zero-order valence-corrected chi connectivity index (χ0v) is 18.9. The van der Waals surface area contributed by atoms with Gasteiger partial charge in [0.15, 0.2) is 0 Å². The third-order valence-corrected chi connectivity index (χ3v) is 5.80. The van der Waals surface area contributed by atoms with Gasteiger partial charge in [-0.3, -0.25) is 4.90 Å². The Morgan fingerprint density at radius 2 is 1.60 bits per heavy atom. The minimum Gasteiger partial charge on any atom is -0.334 e. The number of aromatic nitrogens is 2. The van der Waals surface area contributed by atoms with Crippen LogP contribution in [0.2, 0.25) is 5.02 Å². The number of allylic oxidation sites excluding steroid dienone is 1. The van der Waals surface area contributed by atoms with Gasteiger partial charge in [0.05, 0.1) is 17.3 Å². The maximum Gasteiger partial charge on any atom is 0.327 e. The van der Waals surface area contributed by atoms with E-state index in [0.717, 1.165) is 23.1 Å². The Morgan fingerprint density at radius 3 is 2.26 bits per heavy atom. The first-order valence-electron chi connectivity index (χ1n) is 10.4. The lowest BCUT2D eigenvalue weighted by Gasteiger charge is -2.35. The van der Waals surface area contributed by atoms with Gasteiger partial charge in [-0.15, -0.1) is 0 Å². The molecule has 0 fully saturated rings. The summed E-state index contributed by atoms with van der Waals surface area (Å²) in [5.74, 6) is -1.80. The number of benzene rings is 3. The fraction of sp³-hybridized carbons (Fsp3) is 0.0800. The van der Waals surface area contributed by atoms with E-state index in [2.05, 4.69) is 15.5 Å². The van der Waals surface area contributed by atoms with Gasteiger partial charge < -0.3 is 9.84 Å². The zero-order chi connectivity index (χ0) is 24.7. The molecule has 4 aromatic rings. The molecule has 35 heavy (non-hydrogen) atoms. The van der Waals surface area contributed by atoms with Gasteiger partial charge in [-0.25, -0.2) is 18.0 Å². The lowest BCUT2D eigenvalue weighted by Crippen LogP contribution is -2.46. The van der Waals surface area contributed by atoms with E-state index in [-0.39, 0.29) is 17.4 Å². The summed E-state index contributed by atoms with van der Waals surface area (Å²) >= 11 is 6.03. The van der Waals surface area contributed by atoms with Crippen LogP contribution in [0.3, 0.4) is 0 Å². The summed E-state index contributed by atoms with van der Waals surface area (Å²) in [6.07, 6.45) is 0. The average molecular weight is 497 g/mol. The highest BCUT2D eigenvalue weighted by Gasteiger charge is 2.36. The molecule has 10 heteroatoms. The molecule has 0 bridgehead atoms. The van der Waals surface area contributed by atoms with Crippen LogP contribution in [0, 0.1) is 17.5 Å². The normalized spacial score (nSPS) is 16.0. The second-order valence-corrected chi connectivity index (χ2v) is 8.26. The molecule has 2 amide bonds. The number of carbonyl (C=O) groups excluding carboxylic acids is 1. The van der Waals surface area contributed by atoms with Crippen molar-refractivity contribution in [3.05, 3.63) is 106 Å². The van der Waals surface area contributed by atoms with Crippen molar-refractivity contribution in [1.29, 1.82) is 0 Å². The molecule has 1 aliphatic rings. The lowest BCUT2D eigenvalue weighted by molar-refractivity contribution is 0.244. The van der Waals surface area contributed by atoms with Crippen molar-refractivity contribution in [2.75, 3.05) is 4.90 Å². The zero-order valence-electron chi connectivity index (χ0n) is 18.1. The van der Waals surface area contributed by atoms with Crippen molar-refractivity contribution < 1.29 is 22.5 Å². The number of carbonyl (C=O) groups is 1. The molecular weight excluding hydrogens is 481 g/mol. The minimum atomic E-state index is -0.835. The van der Waals surface area contributed by atoms with Crippen LogP contribution in [0.15, 0.2) is 77.0 Å². The van der Waals surface area contributed by atoms with Gasteiger partial charge in [-0.05, 0) is 61.0 Å². The number of rotatable bonds is 4. The first kappa shape index (κ1) is 22.7. The van der Waals surface area contributed by atoms with Crippen molar-refractivity contribution in [3.63, 3.8) is 0 Å². The van der Waals surface area contributed by atoms with Gasteiger partial charge >= 0.3 is 6.03 Å². The molecule has 0 saturated heterocycles. The van der Waals surface area contributed by atoms with Gasteiger partial charge in [0, 0.05) is 22.3 Å². The van der Waals surface area contributed by atoms with Gasteiger partial charge in [-0.2, -0.15) is 4.98 Å². The monoisotopic (exact) mass is 496 g/mol. The van der Waals surface area contributed by atoms with E-state index in [1.54, 1.807) is 31.2 Å². The molecule has 0 radical (unpaired) electrons. The highest BCUT2D eigenvalue weighted by atomic mass is 35.5. The summed E-state index contributed by atoms with van der Waals surface area (Å²) < 4.78 is 46.8. The molecule has 1 aliphatic heterocycles. The van der Waals surface area contributed by atoms with Crippen molar-refractivity contribution in [1.82, 2.24) is 15.5 Å². The Kier molecular flexibility index (Phi) is 5.78. The van der Waals surface area contributed by atoms with E-state index in [1.165, 1.54) is 24.3 Å². The summed E-state index contributed by atoms with van der Waals surface area (Å²) in [7, 11) is 0. The summed E-state index contributed by atoms with van der Waals surface area (Å²) in [4.78, 5) is 18.7. The molecule has 5 rings (SSSR count). The van der Waals surface area contributed by atoms with Crippen molar-refractivity contribution >= 4 is 28.9 Å². The third-order valence-electron chi connectivity index (χ3n) is 5.55. The van der Waals surface area contributed by atoms with Crippen LogP contribution in [0.25, 0.3) is 17.0 Å². The largest absolute Gasteiger partial charge is 0.334 e. The van der Waals surface area contributed by atoms with Crippen LogP contribution in [0.1, 0.15) is 24.4 Å². The first-order chi connectivity index (χ1) is 16.8. The van der Waals surface area contributed by atoms with Crippen LogP contribution in [0.5, 0.6) is 0 Å². The van der Waals surface area contributed by atoms with Crippen LogP contribution in [-0.4, -0.2) is 16.2 Å². The number of nitrogens with one attached hydrogen (secondary N) is 1. The number of hydrogen-bond acceptors (Lipinski definition) is 4. The molecule has 3 aromatic carbocycles. The highest BCUT2D eigenvalue weighted by molar-refractivity contribution is 6.30. The Morgan fingerprint density at radius 1 is 0.943 bits per heavy atom. The van der Waals surface area contributed by atoms with Gasteiger partial charge in [-0.1, -0.05) is 28.9 Å². The van der Waals surface area contributed by atoms with Crippen molar-refractivity contribution in [2.24, 2.45) is 0 Å². The van der Waals surface area contributed by atoms with Crippen LogP contribution in [-0.2, 0) is 0 Å². The SMILES string of the molecule is CC1=C(c2nc(-c3ccc(F)cc3)no2)C(c2ccc(Cl)cc2)NC(=O)N1c1cc(F)cc(F)c1. The number of urea groups is 1. The molecule has 1 N–H and O–H groups in total. The van der Waals surface area contributed by atoms with E-state index in [1.807, 2.05) is 0 Å². The molecule has 0 saturated carbocycles. The van der Waals surface area contributed by atoms with Crippen molar-refractivity contribution in [3.8, 4) is 11.4 Å². The minimum absolute atomic E-state index is 0.0113. The Bertz CT molecular complexity index is 1430. The second kappa shape index (κ2) is 8.92. The Labute approximate surface area is 202 Å². The van der Waals surface area contributed by atoms with E-state index >= 15 is 0 Å². The standard InChI is InChI=1S/C25H16ClF3N4O2/c1-13-21(24-31-23(32-35-24)15-4-8-17(27)9-5-15)22(14-2-6-16(26)7-3-14)30-25(34)33(13)20-11-18(28)10-19(29)12-20/h2-12,22H,1H3,(H,30,34). The van der Waals surface area contributed by atoms with Gasteiger partial charge in [0.2, 0.25) is 5.82 Å². The average Bonchev–Trinajstić information content (AvgIpc) is 3.29. The number of hydrogen-bond donors (Lipinski definition) is 1.